The summed E-state index contributed by atoms with van der Waals surface area (Å²) < 4.78 is 5.85. The van der Waals surface area contributed by atoms with Gasteiger partial charge in [-0.15, -0.1) is 0 Å². The van der Waals surface area contributed by atoms with Crippen LogP contribution in [0.25, 0.3) is 0 Å². The van der Waals surface area contributed by atoms with E-state index in [-0.39, 0.29) is 13.0 Å². The number of hydrogen-bond acceptors (Lipinski definition) is 1. The first-order valence-electron chi connectivity index (χ1n) is 5.80. The molecule has 0 heterocycles. The molecular weight excluding hydrogens is 184 g/mol. The minimum absolute atomic E-state index is 0. The minimum Gasteiger partial charge on any atom is -0.373 e. The summed E-state index contributed by atoms with van der Waals surface area (Å²) in [6.07, 6.45) is 4.02. The zero-order valence-corrected chi connectivity index (χ0v) is 11.1. The van der Waals surface area contributed by atoms with E-state index in [1.807, 2.05) is 0 Å². The van der Waals surface area contributed by atoms with Crippen molar-refractivity contribution in [2.75, 3.05) is 0 Å². The van der Waals surface area contributed by atoms with Gasteiger partial charge in [-0.3, -0.25) is 0 Å². The van der Waals surface area contributed by atoms with Gasteiger partial charge in [-0.05, 0) is 46.0 Å². The Morgan fingerprint density at radius 1 is 0.933 bits per heavy atom. The Hall–Kier alpha value is -0.0400. The molecule has 0 N–H and O–H groups in total. The Balaban J connectivity index is 0. The Kier molecular flexibility index (Phi) is 7.55. The van der Waals surface area contributed by atoms with Crippen LogP contribution < -0.4 is 0 Å². The fourth-order valence-corrected chi connectivity index (χ4v) is 1.74. The summed E-state index contributed by atoms with van der Waals surface area (Å²) >= 11 is 0. The summed E-state index contributed by atoms with van der Waals surface area (Å²) in [4.78, 5) is 0. The van der Waals surface area contributed by atoms with Crippen LogP contribution in [0.3, 0.4) is 0 Å². The second-order valence-electron chi connectivity index (χ2n) is 6.34. The fourth-order valence-electron chi connectivity index (χ4n) is 1.74. The van der Waals surface area contributed by atoms with Crippen molar-refractivity contribution < 1.29 is 4.74 Å². The lowest BCUT2D eigenvalue weighted by Gasteiger charge is -2.29. The lowest BCUT2D eigenvalue weighted by molar-refractivity contribution is -0.0623. The maximum absolute atomic E-state index is 5.85. The van der Waals surface area contributed by atoms with E-state index in [2.05, 4.69) is 48.5 Å². The molecule has 0 aromatic heterocycles. The molecule has 0 aliphatic heterocycles. The molecule has 0 amide bonds. The molecule has 0 atom stereocenters. The third kappa shape index (κ3) is 11.9. The molecule has 1 heteroatoms. The van der Waals surface area contributed by atoms with Gasteiger partial charge in [0.05, 0.1) is 11.7 Å². The van der Waals surface area contributed by atoms with Crippen molar-refractivity contribution in [1.29, 1.82) is 0 Å². The van der Waals surface area contributed by atoms with Crippen LogP contribution in [0.1, 0.15) is 75.2 Å². The maximum atomic E-state index is 5.85. The molecule has 0 rings (SSSR count). The van der Waals surface area contributed by atoms with E-state index in [0.717, 1.165) is 6.42 Å². The summed E-state index contributed by atoms with van der Waals surface area (Å²) in [6, 6.07) is 0. The highest BCUT2D eigenvalue weighted by Crippen LogP contribution is 2.26. The summed E-state index contributed by atoms with van der Waals surface area (Å²) in [5, 5.41) is 0. The molecule has 0 radical (unpaired) electrons. The Bertz CT molecular complexity index is 151. The number of rotatable bonds is 5. The molecule has 0 aromatic carbocycles. The van der Waals surface area contributed by atoms with Crippen molar-refractivity contribution in [3.05, 3.63) is 0 Å². The summed E-state index contributed by atoms with van der Waals surface area (Å²) in [6.45, 7) is 15.5. The largest absolute Gasteiger partial charge is 0.373 e. The molecule has 1 nitrogen and oxygen atoms in total. The van der Waals surface area contributed by atoms with Crippen LogP contribution in [0.2, 0.25) is 0 Å². The van der Waals surface area contributed by atoms with E-state index >= 15 is 0 Å². The summed E-state index contributed by atoms with van der Waals surface area (Å²) in [7, 11) is 0. The van der Waals surface area contributed by atoms with Gasteiger partial charge in [-0.25, -0.2) is 0 Å². The van der Waals surface area contributed by atoms with Crippen molar-refractivity contribution >= 4 is 0 Å². The Morgan fingerprint density at radius 2 is 1.40 bits per heavy atom. The molecule has 0 fully saturated rings. The fraction of sp³-hybridized carbons (Fsp3) is 1.00. The van der Waals surface area contributed by atoms with Crippen molar-refractivity contribution in [1.82, 2.24) is 0 Å². The number of hydrogen-bond donors (Lipinski definition) is 0. The van der Waals surface area contributed by atoms with Crippen LogP contribution in [0.5, 0.6) is 0 Å². The first-order chi connectivity index (χ1) is 6.12. The van der Waals surface area contributed by atoms with E-state index in [1.54, 1.807) is 0 Å². The second kappa shape index (κ2) is 6.52. The van der Waals surface area contributed by atoms with Gasteiger partial charge < -0.3 is 4.74 Å². The van der Waals surface area contributed by atoms with E-state index in [1.165, 1.54) is 12.8 Å². The van der Waals surface area contributed by atoms with Gasteiger partial charge in [0.25, 0.3) is 0 Å². The molecular formula is C14H32O. The minimum atomic E-state index is 0. The van der Waals surface area contributed by atoms with Crippen molar-refractivity contribution in [2.24, 2.45) is 5.41 Å². The highest BCUT2D eigenvalue weighted by atomic mass is 16.5. The lowest BCUT2D eigenvalue weighted by atomic mass is 9.87. The van der Waals surface area contributed by atoms with Crippen molar-refractivity contribution in [3.8, 4) is 0 Å². The van der Waals surface area contributed by atoms with Crippen LogP contribution >= 0.6 is 0 Å². The SMILES string of the molecule is C.CC(C)OC(C)(C)CCCC(C)(C)C. The predicted molar refractivity (Wildman–Crippen MR) is 70.3 cm³/mol. The van der Waals surface area contributed by atoms with Gasteiger partial charge in [0, 0.05) is 0 Å². The maximum Gasteiger partial charge on any atom is 0.0630 e. The van der Waals surface area contributed by atoms with Gasteiger partial charge in [0.1, 0.15) is 0 Å². The van der Waals surface area contributed by atoms with E-state index in [0.29, 0.717) is 11.5 Å². The van der Waals surface area contributed by atoms with Crippen LogP contribution in [-0.2, 0) is 4.74 Å². The molecule has 0 saturated heterocycles. The average molecular weight is 216 g/mol. The molecule has 15 heavy (non-hydrogen) atoms. The summed E-state index contributed by atoms with van der Waals surface area (Å²) in [5.41, 5.74) is 0.493. The molecule has 0 spiro atoms. The van der Waals surface area contributed by atoms with Crippen LogP contribution in [0.15, 0.2) is 0 Å². The first-order valence-corrected chi connectivity index (χ1v) is 5.80. The highest BCUT2D eigenvalue weighted by Gasteiger charge is 2.20. The standard InChI is InChI=1S/C13H28O.CH4/c1-11(2)14-13(6,7)10-8-9-12(3,4)5;/h11H,8-10H2,1-7H3;1H4. The van der Waals surface area contributed by atoms with E-state index in [4.69, 9.17) is 4.74 Å². The van der Waals surface area contributed by atoms with Crippen LogP contribution in [-0.4, -0.2) is 11.7 Å². The zero-order valence-electron chi connectivity index (χ0n) is 11.1. The van der Waals surface area contributed by atoms with Gasteiger partial charge in [0.2, 0.25) is 0 Å². The van der Waals surface area contributed by atoms with E-state index in [9.17, 15) is 0 Å². The molecule has 0 bridgehead atoms. The predicted octanol–water partition coefficient (Wildman–Crippen LogP) is 5.04. The number of ether oxygens (including phenoxy) is 1. The van der Waals surface area contributed by atoms with Crippen LogP contribution in [0, 0.1) is 5.41 Å². The van der Waals surface area contributed by atoms with Gasteiger partial charge in [0.15, 0.2) is 0 Å². The monoisotopic (exact) mass is 216 g/mol. The molecule has 0 aliphatic carbocycles. The molecule has 0 unspecified atom stereocenters. The quantitative estimate of drug-likeness (QED) is 0.625. The third-order valence-electron chi connectivity index (χ3n) is 2.26. The van der Waals surface area contributed by atoms with Crippen LogP contribution in [0.4, 0.5) is 0 Å². The average Bonchev–Trinajstić information content (AvgIpc) is 1.78. The Morgan fingerprint density at radius 3 is 1.73 bits per heavy atom. The van der Waals surface area contributed by atoms with E-state index < -0.39 is 0 Å². The lowest BCUT2D eigenvalue weighted by Crippen LogP contribution is -2.28. The van der Waals surface area contributed by atoms with Crippen molar-refractivity contribution in [3.63, 3.8) is 0 Å². The molecule has 94 valence electrons. The van der Waals surface area contributed by atoms with Gasteiger partial charge in [-0.1, -0.05) is 34.6 Å². The first kappa shape index (κ1) is 17.4. The topological polar surface area (TPSA) is 9.23 Å². The second-order valence-corrected chi connectivity index (χ2v) is 6.34. The van der Waals surface area contributed by atoms with Gasteiger partial charge in [-0.2, -0.15) is 0 Å². The van der Waals surface area contributed by atoms with Crippen molar-refractivity contribution in [2.45, 2.75) is 86.9 Å². The third-order valence-corrected chi connectivity index (χ3v) is 2.26. The normalized spacial score (nSPS) is 12.8. The van der Waals surface area contributed by atoms with Gasteiger partial charge >= 0.3 is 0 Å². The molecule has 0 aliphatic rings. The highest BCUT2D eigenvalue weighted by molar-refractivity contribution is 4.71. The zero-order chi connectivity index (χ0) is 11.4. The Labute approximate surface area is 97.6 Å². The molecule has 0 saturated carbocycles. The molecule has 0 aromatic rings. The summed E-state index contributed by atoms with van der Waals surface area (Å²) in [5.74, 6) is 0. The smallest absolute Gasteiger partial charge is 0.0630 e.